The van der Waals surface area contributed by atoms with Gasteiger partial charge in [-0.2, -0.15) is 0 Å². The maximum Gasteiger partial charge on any atom is 0.328 e. The monoisotopic (exact) mass is 349 g/mol. The van der Waals surface area contributed by atoms with Gasteiger partial charge in [-0.3, -0.25) is 0 Å². The van der Waals surface area contributed by atoms with Gasteiger partial charge in [0.15, 0.2) is 0 Å². The van der Waals surface area contributed by atoms with Crippen LogP contribution in [0.1, 0.15) is 19.3 Å². The first-order chi connectivity index (χ1) is 11.3. The highest BCUT2D eigenvalue weighted by Crippen LogP contribution is 2.13. The molecule has 1 aliphatic rings. The molecule has 1 fully saturated rings. The van der Waals surface area contributed by atoms with Crippen molar-refractivity contribution in [1.82, 2.24) is 4.90 Å². The van der Waals surface area contributed by atoms with Gasteiger partial charge in [0.25, 0.3) is 0 Å². The second-order valence-corrected chi connectivity index (χ2v) is 11.3. The highest BCUT2D eigenvalue weighted by molar-refractivity contribution is 6.89. The highest BCUT2D eigenvalue weighted by atomic mass is 28.3. The van der Waals surface area contributed by atoms with Crippen LogP contribution >= 0.6 is 0 Å². The first kappa shape index (κ1) is 20.1. The predicted molar refractivity (Wildman–Crippen MR) is 98.3 cm³/mol. The Bertz CT molecular complexity index is 535. The number of hydrogen-bond acceptors (Lipinski definition) is 3. The van der Waals surface area contributed by atoms with Crippen molar-refractivity contribution in [2.75, 3.05) is 19.3 Å². The Morgan fingerprint density at radius 2 is 1.50 bits per heavy atom. The molecule has 2 N–H and O–H groups in total. The van der Waals surface area contributed by atoms with E-state index in [4.69, 9.17) is 10.2 Å². The zero-order valence-corrected chi connectivity index (χ0v) is 15.4. The summed E-state index contributed by atoms with van der Waals surface area (Å²) in [6.45, 7) is 7.64. The molecule has 0 aliphatic carbocycles. The van der Waals surface area contributed by atoms with Gasteiger partial charge < -0.3 is 15.1 Å². The van der Waals surface area contributed by atoms with E-state index >= 15 is 0 Å². The van der Waals surface area contributed by atoms with Gasteiger partial charge in [-0.15, -0.1) is 0 Å². The van der Waals surface area contributed by atoms with Gasteiger partial charge in [-0.25, -0.2) is 9.59 Å². The number of benzene rings is 1. The number of rotatable bonds is 5. The van der Waals surface area contributed by atoms with E-state index in [2.05, 4.69) is 48.3 Å². The van der Waals surface area contributed by atoms with Crippen molar-refractivity contribution in [3.8, 4) is 0 Å². The number of carboxylic acid groups (broad SMARTS) is 2. The van der Waals surface area contributed by atoms with E-state index in [1.807, 2.05) is 0 Å². The number of carbonyl (C=O) groups is 2. The molecule has 0 atom stereocenters. The minimum atomic E-state index is -1.26. The van der Waals surface area contributed by atoms with Gasteiger partial charge in [0, 0.05) is 12.2 Å². The van der Waals surface area contributed by atoms with E-state index < -0.39 is 20.0 Å². The molecule has 0 aromatic heterocycles. The van der Waals surface area contributed by atoms with Crippen LogP contribution in [0.3, 0.4) is 0 Å². The van der Waals surface area contributed by atoms with Gasteiger partial charge in [-0.05, 0) is 32.1 Å². The summed E-state index contributed by atoms with van der Waals surface area (Å²) in [7, 11) is -1.24. The van der Waals surface area contributed by atoms with Crippen LogP contribution < -0.4 is 5.19 Å². The maximum absolute atomic E-state index is 9.55. The lowest BCUT2D eigenvalue weighted by atomic mass is 10.1. The normalized spacial score (nSPS) is 15.6. The Kier molecular flexibility index (Phi) is 8.42. The van der Waals surface area contributed by atoms with Crippen LogP contribution in [0, 0.1) is 0 Å². The smallest absolute Gasteiger partial charge is 0.328 e. The lowest BCUT2D eigenvalue weighted by molar-refractivity contribution is -0.134. The molecule has 5 nitrogen and oxygen atoms in total. The summed E-state index contributed by atoms with van der Waals surface area (Å²) >= 11 is 0. The molecule has 0 spiro atoms. The lowest BCUT2D eigenvalue weighted by Crippen LogP contribution is -2.52. The zero-order valence-electron chi connectivity index (χ0n) is 14.4. The largest absolute Gasteiger partial charge is 0.478 e. The molecule has 0 bridgehead atoms. The quantitative estimate of drug-likeness (QED) is 0.630. The third-order valence-corrected chi connectivity index (χ3v) is 7.13. The SMILES string of the molecule is C[Si](C)(CN1CCCCC1)c1ccccc1.O=C(O)/C=C/C(=O)O. The Balaban J connectivity index is 0.000000307. The molecule has 0 amide bonds. The van der Waals surface area contributed by atoms with Crippen LogP contribution in [-0.2, 0) is 9.59 Å². The number of aliphatic carboxylic acids is 2. The summed E-state index contributed by atoms with van der Waals surface area (Å²) in [6.07, 6.45) is 6.68. The van der Waals surface area contributed by atoms with Gasteiger partial charge in [0.1, 0.15) is 0 Å². The van der Waals surface area contributed by atoms with Gasteiger partial charge >= 0.3 is 11.9 Å². The fourth-order valence-corrected chi connectivity index (χ4v) is 5.51. The van der Waals surface area contributed by atoms with Crippen LogP contribution in [-0.4, -0.2) is 54.4 Å². The van der Waals surface area contributed by atoms with E-state index in [-0.39, 0.29) is 0 Å². The lowest BCUT2D eigenvalue weighted by Gasteiger charge is -2.34. The number of piperidine rings is 1. The van der Waals surface area contributed by atoms with Crippen molar-refractivity contribution in [3.63, 3.8) is 0 Å². The maximum atomic E-state index is 9.55. The second kappa shape index (κ2) is 10.0. The molecule has 24 heavy (non-hydrogen) atoms. The average Bonchev–Trinajstić information content (AvgIpc) is 2.55. The molecule has 132 valence electrons. The summed E-state index contributed by atoms with van der Waals surface area (Å²) in [5.74, 6) is -2.51. The molecule has 1 heterocycles. The summed E-state index contributed by atoms with van der Waals surface area (Å²) in [5.41, 5.74) is 0. The summed E-state index contributed by atoms with van der Waals surface area (Å²) < 4.78 is 0. The molecular weight excluding hydrogens is 322 g/mol. The van der Waals surface area contributed by atoms with Crippen molar-refractivity contribution in [3.05, 3.63) is 42.5 Å². The Morgan fingerprint density at radius 1 is 1.00 bits per heavy atom. The molecule has 0 radical (unpaired) electrons. The van der Waals surface area contributed by atoms with Crippen molar-refractivity contribution >= 4 is 25.2 Å². The molecular formula is C18H27NO4Si. The van der Waals surface area contributed by atoms with E-state index in [1.165, 1.54) is 38.5 Å². The fraction of sp³-hybridized carbons (Fsp3) is 0.444. The summed E-state index contributed by atoms with van der Waals surface area (Å²) in [6, 6.07) is 11.1. The van der Waals surface area contributed by atoms with Crippen molar-refractivity contribution in [2.45, 2.75) is 32.4 Å². The van der Waals surface area contributed by atoms with Crippen LogP contribution in [0.25, 0.3) is 0 Å². The zero-order chi connectivity index (χ0) is 18.0. The number of hydrogen-bond donors (Lipinski definition) is 2. The third kappa shape index (κ3) is 8.08. The van der Waals surface area contributed by atoms with E-state index in [1.54, 1.807) is 5.19 Å². The van der Waals surface area contributed by atoms with E-state index in [9.17, 15) is 9.59 Å². The van der Waals surface area contributed by atoms with E-state index in [0.717, 1.165) is 0 Å². The fourth-order valence-electron chi connectivity index (χ4n) is 2.80. The van der Waals surface area contributed by atoms with Crippen molar-refractivity contribution in [1.29, 1.82) is 0 Å². The predicted octanol–water partition coefficient (Wildman–Crippen LogP) is 2.34. The van der Waals surface area contributed by atoms with Gasteiger partial charge in [0.2, 0.25) is 0 Å². The van der Waals surface area contributed by atoms with Crippen molar-refractivity contribution in [2.24, 2.45) is 0 Å². The van der Waals surface area contributed by atoms with Crippen LogP contribution in [0.5, 0.6) is 0 Å². The molecule has 6 heteroatoms. The molecule has 1 aromatic rings. The first-order valence-corrected chi connectivity index (χ1v) is 11.4. The molecule has 1 aliphatic heterocycles. The van der Waals surface area contributed by atoms with Gasteiger partial charge in [-0.1, -0.05) is 55.0 Å². The molecule has 2 rings (SSSR count). The van der Waals surface area contributed by atoms with Crippen LogP contribution in [0.4, 0.5) is 0 Å². The molecule has 0 saturated carbocycles. The number of carboxylic acids is 2. The second-order valence-electron chi connectivity index (χ2n) is 6.60. The highest BCUT2D eigenvalue weighted by Gasteiger charge is 2.26. The van der Waals surface area contributed by atoms with Crippen LogP contribution in [0.15, 0.2) is 42.5 Å². The summed E-state index contributed by atoms with van der Waals surface area (Å²) in [5, 5.41) is 17.2. The first-order valence-electron chi connectivity index (χ1n) is 8.23. The topological polar surface area (TPSA) is 77.8 Å². The number of nitrogens with zero attached hydrogens (tertiary/aromatic N) is 1. The Hall–Kier alpha value is -1.92. The van der Waals surface area contributed by atoms with Crippen molar-refractivity contribution < 1.29 is 19.8 Å². The van der Waals surface area contributed by atoms with Gasteiger partial charge in [0.05, 0.1) is 8.07 Å². The van der Waals surface area contributed by atoms with E-state index in [0.29, 0.717) is 12.2 Å². The average molecular weight is 350 g/mol. The Morgan fingerprint density at radius 3 is 1.96 bits per heavy atom. The third-order valence-electron chi connectivity index (χ3n) is 3.99. The molecule has 1 aromatic carbocycles. The summed E-state index contributed by atoms with van der Waals surface area (Å²) in [4.78, 5) is 21.8. The Labute approximate surface area is 144 Å². The number of likely N-dealkylation sites (tertiary alicyclic amines) is 1. The minimum absolute atomic E-state index is 0.558. The molecule has 0 unspecified atom stereocenters. The van der Waals surface area contributed by atoms with Crippen LogP contribution in [0.2, 0.25) is 13.1 Å². The standard InChI is InChI=1S/C14H23NSi.C4H4O4/c1-16(2,14-9-5-3-6-10-14)13-15-11-7-4-8-12-15;5-3(6)1-2-4(7)8/h3,5-6,9-10H,4,7-8,11-13H2,1-2H3;1-2H,(H,5,6)(H,7,8)/b;2-1+. The molecule has 1 saturated heterocycles. The minimum Gasteiger partial charge on any atom is -0.478 e.